The van der Waals surface area contributed by atoms with Crippen LogP contribution in [0.1, 0.15) is 16.8 Å². The zero-order valence-corrected chi connectivity index (χ0v) is 6.84. The van der Waals surface area contributed by atoms with Crippen LogP contribution in [-0.4, -0.2) is 27.1 Å². The average molecular weight is 182 g/mol. The second-order valence-corrected chi connectivity index (χ2v) is 2.74. The third kappa shape index (κ3) is 3.33. The minimum atomic E-state index is -2.92. The van der Waals surface area contributed by atoms with Crippen LogP contribution in [0.3, 0.4) is 0 Å². The molecule has 0 aliphatic carbocycles. The fourth-order valence-corrected chi connectivity index (χ4v) is 0.942. The number of rotatable bonds is 3. The van der Waals surface area contributed by atoms with Gasteiger partial charge in [-0.2, -0.15) is 0 Å². The Morgan fingerprint density at radius 2 is 1.69 bits per heavy atom. The van der Waals surface area contributed by atoms with Gasteiger partial charge in [-0.3, -0.25) is 4.79 Å². The molecular weight excluding hydrogens is 172 g/mol. The molecule has 1 aromatic rings. The van der Waals surface area contributed by atoms with E-state index in [0.29, 0.717) is 5.56 Å². The fraction of sp³-hybridized carbons (Fsp3) is 0.222. The summed E-state index contributed by atoms with van der Waals surface area (Å²) in [5, 5.41) is 25.6. The molecule has 0 saturated carbocycles. The number of carbonyl (C=O) groups is 1. The summed E-state index contributed by atoms with van der Waals surface area (Å²) in [6.45, 7) is 0. The summed E-state index contributed by atoms with van der Waals surface area (Å²) in [5.74, 6) is -3.44. The zero-order chi connectivity index (χ0) is 9.90. The average Bonchev–Trinajstić information content (AvgIpc) is 2.03. The Labute approximate surface area is 75.1 Å². The molecule has 3 N–H and O–H groups in total. The molecule has 0 fully saturated rings. The standard InChI is InChI=1S/C9H10O4/c10-8(6-9(11,12)13)7-4-2-1-3-5-7/h1-5,11-13H,6H2. The number of hydrogen-bond acceptors (Lipinski definition) is 4. The van der Waals surface area contributed by atoms with Gasteiger partial charge in [-0.1, -0.05) is 30.3 Å². The van der Waals surface area contributed by atoms with Crippen molar-refractivity contribution in [2.45, 2.75) is 12.4 Å². The van der Waals surface area contributed by atoms with Crippen LogP contribution in [0.15, 0.2) is 30.3 Å². The van der Waals surface area contributed by atoms with Crippen LogP contribution in [0.4, 0.5) is 0 Å². The summed E-state index contributed by atoms with van der Waals surface area (Å²) >= 11 is 0. The van der Waals surface area contributed by atoms with E-state index >= 15 is 0 Å². The van der Waals surface area contributed by atoms with E-state index in [1.54, 1.807) is 18.2 Å². The highest BCUT2D eigenvalue weighted by Crippen LogP contribution is 2.08. The molecule has 4 heteroatoms. The Bertz CT molecular complexity index is 286. The van der Waals surface area contributed by atoms with Crippen molar-refractivity contribution >= 4 is 5.78 Å². The van der Waals surface area contributed by atoms with Crippen molar-refractivity contribution in [2.24, 2.45) is 0 Å². The van der Waals surface area contributed by atoms with Gasteiger partial charge in [-0.15, -0.1) is 0 Å². The van der Waals surface area contributed by atoms with Gasteiger partial charge in [-0.05, 0) is 0 Å². The summed E-state index contributed by atoms with van der Waals surface area (Å²) in [6, 6.07) is 8.12. The minimum absolute atomic E-state index is 0.337. The predicted molar refractivity (Wildman–Crippen MR) is 44.8 cm³/mol. The number of hydrogen-bond donors (Lipinski definition) is 3. The molecule has 1 aromatic carbocycles. The molecule has 0 heterocycles. The number of benzene rings is 1. The van der Waals surface area contributed by atoms with Crippen LogP contribution in [0.5, 0.6) is 0 Å². The van der Waals surface area contributed by atoms with Crippen molar-refractivity contribution in [1.82, 2.24) is 0 Å². The molecule has 0 bridgehead atoms. The maximum atomic E-state index is 11.2. The Kier molecular flexibility index (Phi) is 2.77. The third-order valence-electron chi connectivity index (χ3n) is 1.49. The molecule has 0 radical (unpaired) electrons. The highest BCUT2D eigenvalue weighted by Gasteiger charge is 2.23. The van der Waals surface area contributed by atoms with Gasteiger partial charge in [0.05, 0.1) is 6.42 Å². The third-order valence-corrected chi connectivity index (χ3v) is 1.49. The van der Waals surface area contributed by atoms with Crippen molar-refractivity contribution < 1.29 is 20.1 Å². The highest BCUT2D eigenvalue weighted by atomic mass is 16.7. The SMILES string of the molecule is O=C(CC(O)(O)O)c1ccccc1. The van der Waals surface area contributed by atoms with Crippen molar-refractivity contribution in [3.05, 3.63) is 35.9 Å². The van der Waals surface area contributed by atoms with Crippen molar-refractivity contribution in [3.8, 4) is 0 Å². The lowest BCUT2D eigenvalue weighted by Crippen LogP contribution is -2.30. The number of aliphatic hydroxyl groups is 3. The molecule has 0 aliphatic rings. The summed E-state index contributed by atoms with van der Waals surface area (Å²) < 4.78 is 0. The lowest BCUT2D eigenvalue weighted by Gasteiger charge is -2.12. The van der Waals surface area contributed by atoms with E-state index in [2.05, 4.69) is 0 Å². The molecule has 70 valence electrons. The van der Waals surface area contributed by atoms with E-state index in [-0.39, 0.29) is 0 Å². The first-order valence-corrected chi connectivity index (χ1v) is 3.74. The van der Waals surface area contributed by atoms with E-state index < -0.39 is 18.2 Å². The first kappa shape index (κ1) is 9.85. The monoisotopic (exact) mass is 182 g/mol. The molecule has 0 aliphatic heterocycles. The molecule has 0 saturated heterocycles. The first-order chi connectivity index (χ1) is 5.99. The van der Waals surface area contributed by atoms with Crippen molar-refractivity contribution in [1.29, 1.82) is 0 Å². The fourth-order valence-electron chi connectivity index (χ4n) is 0.942. The van der Waals surface area contributed by atoms with E-state index in [1.165, 1.54) is 12.1 Å². The van der Waals surface area contributed by atoms with Gasteiger partial charge in [0.2, 0.25) is 0 Å². The molecule has 0 atom stereocenters. The van der Waals surface area contributed by atoms with Gasteiger partial charge in [0.1, 0.15) is 0 Å². The topological polar surface area (TPSA) is 77.8 Å². The highest BCUT2D eigenvalue weighted by molar-refractivity contribution is 5.96. The van der Waals surface area contributed by atoms with Crippen LogP contribution in [0, 0.1) is 0 Å². The van der Waals surface area contributed by atoms with Gasteiger partial charge < -0.3 is 15.3 Å². The second kappa shape index (κ2) is 3.66. The van der Waals surface area contributed by atoms with Gasteiger partial charge in [0, 0.05) is 5.56 Å². The summed E-state index contributed by atoms with van der Waals surface area (Å²) in [6.07, 6.45) is -0.725. The Morgan fingerprint density at radius 1 is 1.15 bits per heavy atom. The van der Waals surface area contributed by atoms with E-state index in [4.69, 9.17) is 15.3 Å². The predicted octanol–water partition coefficient (Wildman–Crippen LogP) is -0.110. The molecule has 1 rings (SSSR count). The summed E-state index contributed by atoms with van der Waals surface area (Å²) in [5.41, 5.74) is 0.337. The quantitative estimate of drug-likeness (QED) is 0.450. The van der Waals surface area contributed by atoms with Crippen LogP contribution < -0.4 is 0 Å². The number of carbonyl (C=O) groups excluding carboxylic acids is 1. The Hall–Kier alpha value is -1.23. The van der Waals surface area contributed by atoms with Crippen molar-refractivity contribution in [2.75, 3.05) is 0 Å². The van der Waals surface area contributed by atoms with Crippen molar-refractivity contribution in [3.63, 3.8) is 0 Å². The lowest BCUT2D eigenvalue weighted by molar-refractivity contribution is -0.306. The minimum Gasteiger partial charge on any atom is -0.343 e. The van der Waals surface area contributed by atoms with E-state index in [9.17, 15) is 4.79 Å². The molecule has 0 aromatic heterocycles. The van der Waals surface area contributed by atoms with E-state index in [0.717, 1.165) is 0 Å². The first-order valence-electron chi connectivity index (χ1n) is 3.74. The normalized spacial score (nSPS) is 11.3. The van der Waals surface area contributed by atoms with Gasteiger partial charge in [0.15, 0.2) is 5.78 Å². The summed E-state index contributed by atoms with van der Waals surface area (Å²) in [4.78, 5) is 11.2. The number of Topliss-reactive ketones (excluding diaryl/α,β-unsaturated/α-hetero) is 1. The lowest BCUT2D eigenvalue weighted by atomic mass is 10.1. The van der Waals surface area contributed by atoms with Gasteiger partial charge in [-0.25, -0.2) is 0 Å². The maximum absolute atomic E-state index is 11.2. The van der Waals surface area contributed by atoms with E-state index in [1.807, 2.05) is 0 Å². The Balaban J connectivity index is 2.71. The van der Waals surface area contributed by atoms with Crippen LogP contribution in [-0.2, 0) is 0 Å². The molecule has 0 unspecified atom stereocenters. The molecule has 0 spiro atoms. The second-order valence-electron chi connectivity index (χ2n) is 2.74. The van der Waals surface area contributed by atoms with Crippen LogP contribution in [0.25, 0.3) is 0 Å². The van der Waals surface area contributed by atoms with Gasteiger partial charge >= 0.3 is 0 Å². The zero-order valence-electron chi connectivity index (χ0n) is 6.84. The smallest absolute Gasteiger partial charge is 0.282 e. The molecule has 4 nitrogen and oxygen atoms in total. The van der Waals surface area contributed by atoms with Crippen LogP contribution >= 0.6 is 0 Å². The summed E-state index contributed by atoms with van der Waals surface area (Å²) in [7, 11) is 0. The Morgan fingerprint density at radius 3 is 2.15 bits per heavy atom. The van der Waals surface area contributed by atoms with Crippen LogP contribution in [0.2, 0.25) is 0 Å². The molecular formula is C9H10O4. The number of ketones is 1. The maximum Gasteiger partial charge on any atom is 0.282 e. The molecule has 0 amide bonds. The molecule has 13 heavy (non-hydrogen) atoms. The van der Waals surface area contributed by atoms with Gasteiger partial charge in [0.25, 0.3) is 5.97 Å². The largest absolute Gasteiger partial charge is 0.343 e.